The van der Waals surface area contributed by atoms with Crippen LogP contribution in [0.4, 0.5) is 0 Å². The van der Waals surface area contributed by atoms with Crippen molar-refractivity contribution in [2.24, 2.45) is 17.6 Å². The van der Waals surface area contributed by atoms with Crippen LogP contribution in [0.2, 0.25) is 0 Å². The van der Waals surface area contributed by atoms with Crippen molar-refractivity contribution in [1.29, 1.82) is 0 Å². The summed E-state index contributed by atoms with van der Waals surface area (Å²) in [4.78, 5) is 2.68. The summed E-state index contributed by atoms with van der Waals surface area (Å²) >= 11 is 0. The largest absolute Gasteiger partial charge is 0.378 e. The summed E-state index contributed by atoms with van der Waals surface area (Å²) in [7, 11) is 0. The maximum atomic E-state index is 5.86. The van der Waals surface area contributed by atoms with E-state index >= 15 is 0 Å². The quantitative estimate of drug-likeness (QED) is 0.818. The lowest BCUT2D eigenvalue weighted by Crippen LogP contribution is -2.47. The second kappa shape index (κ2) is 6.17. The maximum absolute atomic E-state index is 5.86. The van der Waals surface area contributed by atoms with Crippen LogP contribution in [0.5, 0.6) is 0 Å². The number of hydrogen-bond acceptors (Lipinski definition) is 3. The second-order valence-electron chi connectivity index (χ2n) is 6.05. The Bertz CT molecular complexity index is 224. The van der Waals surface area contributed by atoms with E-state index in [1.165, 1.54) is 38.8 Å². The molecule has 2 atom stereocenters. The molecule has 0 spiro atoms. The van der Waals surface area contributed by atoms with E-state index in [0.717, 1.165) is 25.1 Å². The van der Waals surface area contributed by atoms with Gasteiger partial charge in [0.25, 0.3) is 0 Å². The van der Waals surface area contributed by atoms with Gasteiger partial charge in [-0.15, -0.1) is 0 Å². The van der Waals surface area contributed by atoms with Crippen molar-refractivity contribution in [3.8, 4) is 0 Å². The number of nitrogens with zero attached hydrogens (tertiary/aromatic N) is 1. The minimum atomic E-state index is 0.473. The van der Waals surface area contributed by atoms with E-state index in [1.54, 1.807) is 0 Å². The Labute approximate surface area is 106 Å². The van der Waals surface area contributed by atoms with Gasteiger partial charge in [-0.25, -0.2) is 0 Å². The van der Waals surface area contributed by atoms with Gasteiger partial charge in [0.1, 0.15) is 0 Å². The zero-order valence-corrected chi connectivity index (χ0v) is 11.4. The van der Waals surface area contributed by atoms with Gasteiger partial charge in [0.05, 0.1) is 6.10 Å². The first-order valence-corrected chi connectivity index (χ1v) is 7.26. The standard InChI is InChI=1S/C14H28N2O/c1-11(2)14-9-13(5-8-17-14)16-6-3-12(10-15)4-7-16/h11-14H,3-10,15H2,1-2H3. The highest BCUT2D eigenvalue weighted by atomic mass is 16.5. The van der Waals surface area contributed by atoms with Crippen LogP contribution in [0.15, 0.2) is 0 Å². The van der Waals surface area contributed by atoms with E-state index < -0.39 is 0 Å². The molecule has 0 amide bonds. The number of piperidine rings is 1. The average molecular weight is 240 g/mol. The van der Waals surface area contributed by atoms with Crippen LogP contribution in [-0.2, 0) is 4.74 Å². The van der Waals surface area contributed by atoms with Crippen LogP contribution < -0.4 is 5.73 Å². The Balaban J connectivity index is 1.82. The van der Waals surface area contributed by atoms with Crippen molar-refractivity contribution < 1.29 is 4.74 Å². The predicted octanol–water partition coefficient (Wildman–Crippen LogP) is 1.86. The topological polar surface area (TPSA) is 38.5 Å². The lowest BCUT2D eigenvalue weighted by molar-refractivity contribution is -0.0532. The Kier molecular flexibility index (Phi) is 4.83. The monoisotopic (exact) mass is 240 g/mol. The fourth-order valence-corrected chi connectivity index (χ4v) is 3.16. The summed E-state index contributed by atoms with van der Waals surface area (Å²) < 4.78 is 5.86. The van der Waals surface area contributed by atoms with E-state index in [9.17, 15) is 0 Å². The Morgan fingerprint density at radius 2 is 1.94 bits per heavy atom. The highest BCUT2D eigenvalue weighted by Crippen LogP contribution is 2.27. The number of hydrogen-bond donors (Lipinski definition) is 1. The number of nitrogens with two attached hydrogens (primary N) is 1. The maximum Gasteiger partial charge on any atom is 0.0612 e. The molecule has 0 aliphatic carbocycles. The third kappa shape index (κ3) is 3.43. The van der Waals surface area contributed by atoms with E-state index in [1.807, 2.05) is 0 Å². The van der Waals surface area contributed by atoms with E-state index in [4.69, 9.17) is 10.5 Å². The number of ether oxygens (including phenoxy) is 1. The van der Waals surface area contributed by atoms with Crippen LogP contribution >= 0.6 is 0 Å². The minimum Gasteiger partial charge on any atom is -0.378 e. The lowest BCUT2D eigenvalue weighted by Gasteiger charge is -2.42. The molecule has 2 N–H and O–H groups in total. The van der Waals surface area contributed by atoms with Gasteiger partial charge < -0.3 is 15.4 Å². The van der Waals surface area contributed by atoms with Crippen LogP contribution in [-0.4, -0.2) is 43.3 Å². The zero-order chi connectivity index (χ0) is 12.3. The zero-order valence-electron chi connectivity index (χ0n) is 11.4. The van der Waals surface area contributed by atoms with E-state index in [2.05, 4.69) is 18.7 Å². The molecule has 2 fully saturated rings. The molecular formula is C14H28N2O. The molecular weight excluding hydrogens is 212 g/mol. The Morgan fingerprint density at radius 3 is 2.53 bits per heavy atom. The van der Waals surface area contributed by atoms with Crippen molar-refractivity contribution in [2.45, 2.75) is 51.7 Å². The molecule has 0 bridgehead atoms. The molecule has 2 rings (SSSR count). The van der Waals surface area contributed by atoms with Crippen LogP contribution in [0.25, 0.3) is 0 Å². The molecule has 2 unspecified atom stereocenters. The highest BCUT2D eigenvalue weighted by Gasteiger charge is 2.30. The van der Waals surface area contributed by atoms with Gasteiger partial charge in [-0.3, -0.25) is 0 Å². The van der Waals surface area contributed by atoms with Crippen LogP contribution in [0.3, 0.4) is 0 Å². The van der Waals surface area contributed by atoms with Crippen LogP contribution in [0, 0.1) is 11.8 Å². The highest BCUT2D eigenvalue weighted by molar-refractivity contribution is 4.84. The van der Waals surface area contributed by atoms with Gasteiger partial charge in [0, 0.05) is 12.6 Å². The number of rotatable bonds is 3. The normalized spacial score (nSPS) is 33.2. The molecule has 3 heteroatoms. The molecule has 0 saturated carbocycles. The van der Waals surface area contributed by atoms with Gasteiger partial charge in [0.2, 0.25) is 0 Å². The van der Waals surface area contributed by atoms with Crippen molar-refractivity contribution >= 4 is 0 Å². The van der Waals surface area contributed by atoms with Crippen LogP contribution in [0.1, 0.15) is 39.5 Å². The lowest BCUT2D eigenvalue weighted by atomic mass is 9.91. The van der Waals surface area contributed by atoms with Gasteiger partial charge >= 0.3 is 0 Å². The molecule has 0 aromatic carbocycles. The van der Waals surface area contributed by atoms with Gasteiger partial charge in [-0.2, -0.15) is 0 Å². The summed E-state index contributed by atoms with van der Waals surface area (Å²) in [6.45, 7) is 8.86. The Hall–Kier alpha value is -0.120. The predicted molar refractivity (Wildman–Crippen MR) is 71.0 cm³/mol. The molecule has 2 aliphatic heterocycles. The first-order valence-electron chi connectivity index (χ1n) is 7.26. The van der Waals surface area contributed by atoms with Crippen molar-refractivity contribution in [3.63, 3.8) is 0 Å². The summed E-state index contributed by atoms with van der Waals surface area (Å²) in [6, 6.07) is 0.759. The molecule has 0 radical (unpaired) electrons. The summed E-state index contributed by atoms with van der Waals surface area (Å²) in [5, 5.41) is 0. The fraction of sp³-hybridized carbons (Fsp3) is 1.00. The van der Waals surface area contributed by atoms with Gasteiger partial charge in [-0.05, 0) is 57.2 Å². The molecule has 2 aliphatic rings. The van der Waals surface area contributed by atoms with E-state index in [-0.39, 0.29) is 0 Å². The first kappa shape index (κ1) is 13.3. The number of likely N-dealkylation sites (tertiary alicyclic amines) is 1. The minimum absolute atomic E-state index is 0.473. The molecule has 0 aromatic rings. The molecule has 100 valence electrons. The molecule has 17 heavy (non-hydrogen) atoms. The first-order chi connectivity index (χ1) is 8.20. The molecule has 3 nitrogen and oxygen atoms in total. The molecule has 0 aromatic heterocycles. The summed E-state index contributed by atoms with van der Waals surface area (Å²) in [5.74, 6) is 1.42. The van der Waals surface area contributed by atoms with Crippen molar-refractivity contribution in [3.05, 3.63) is 0 Å². The third-order valence-corrected chi connectivity index (χ3v) is 4.53. The molecule has 2 heterocycles. The SMILES string of the molecule is CC(C)C1CC(N2CCC(CN)CC2)CCO1. The summed E-state index contributed by atoms with van der Waals surface area (Å²) in [6.07, 6.45) is 5.50. The van der Waals surface area contributed by atoms with Crippen molar-refractivity contribution in [1.82, 2.24) is 4.90 Å². The van der Waals surface area contributed by atoms with Crippen molar-refractivity contribution in [2.75, 3.05) is 26.2 Å². The molecule has 2 saturated heterocycles. The smallest absolute Gasteiger partial charge is 0.0612 e. The summed E-state index contributed by atoms with van der Waals surface area (Å²) in [5.41, 5.74) is 5.75. The van der Waals surface area contributed by atoms with E-state index in [0.29, 0.717) is 12.0 Å². The fourth-order valence-electron chi connectivity index (χ4n) is 3.16. The van der Waals surface area contributed by atoms with Gasteiger partial charge in [-0.1, -0.05) is 13.8 Å². The third-order valence-electron chi connectivity index (χ3n) is 4.53. The average Bonchev–Trinajstić information content (AvgIpc) is 2.39. The van der Waals surface area contributed by atoms with Gasteiger partial charge in [0.15, 0.2) is 0 Å². The second-order valence-corrected chi connectivity index (χ2v) is 6.05. The Morgan fingerprint density at radius 1 is 1.24 bits per heavy atom.